The highest BCUT2D eigenvalue weighted by Crippen LogP contribution is 2.33. The number of pyridine rings is 1. The van der Waals surface area contributed by atoms with Crippen molar-refractivity contribution in [1.82, 2.24) is 40.1 Å². The van der Waals surface area contributed by atoms with Crippen LogP contribution in [0.25, 0.3) is 11.1 Å². The maximum Gasteiger partial charge on any atom is 0.247 e. The lowest BCUT2D eigenvalue weighted by molar-refractivity contribution is -0.147. The summed E-state index contributed by atoms with van der Waals surface area (Å²) in [6.07, 6.45) is 3.97. The zero-order valence-electron chi connectivity index (χ0n) is 43.3. The molecular formula is C57H68Cl2N8O7. The predicted octanol–water partition coefficient (Wildman–Crippen LogP) is 7.30. The van der Waals surface area contributed by atoms with Crippen LogP contribution >= 0.6 is 23.2 Å². The van der Waals surface area contributed by atoms with Crippen molar-refractivity contribution in [3.63, 3.8) is 0 Å². The maximum atomic E-state index is 15.1. The summed E-state index contributed by atoms with van der Waals surface area (Å²) in [5.74, 6) is -2.25. The van der Waals surface area contributed by atoms with Gasteiger partial charge in [0, 0.05) is 112 Å². The lowest BCUT2D eigenvalue weighted by atomic mass is 9.93. The van der Waals surface area contributed by atoms with E-state index in [1.54, 1.807) is 56.3 Å². The van der Waals surface area contributed by atoms with Crippen LogP contribution in [0.15, 0.2) is 116 Å². The number of hydrogen-bond donors (Lipinski definition) is 2. The van der Waals surface area contributed by atoms with E-state index in [1.807, 2.05) is 86.0 Å². The quantitative estimate of drug-likeness (QED) is 0.130. The van der Waals surface area contributed by atoms with Crippen LogP contribution < -0.4 is 15.4 Å². The molecule has 1 unspecified atom stereocenters. The Bertz CT molecular complexity index is 2730. The molecule has 4 aromatic carbocycles. The van der Waals surface area contributed by atoms with Crippen molar-refractivity contribution in [2.24, 2.45) is 5.92 Å². The molecule has 2 aliphatic rings. The second-order valence-corrected chi connectivity index (χ2v) is 20.6. The lowest BCUT2D eigenvalue weighted by Gasteiger charge is -2.37. The normalized spacial score (nSPS) is 22.5. The van der Waals surface area contributed by atoms with Gasteiger partial charge in [0.25, 0.3) is 0 Å². The first kappa shape index (κ1) is 55.4. The number of carbonyl (C=O) groups excluding carboxylic acids is 5. The van der Waals surface area contributed by atoms with E-state index in [1.165, 1.54) is 16.9 Å². The van der Waals surface area contributed by atoms with E-state index in [-0.39, 0.29) is 56.8 Å². The molecular weight excluding hydrogens is 980 g/mol. The fourth-order valence-corrected chi connectivity index (χ4v) is 9.78. The SMILES string of the molecule is COC[C@@H]1NC(=O)[C@H](C)N(Cc2ccc(Cl)cc2Oc2ccc(-c3cncc(C4CN(C)CCN4C)c3)cc2)C(=O)C[C@@H](Cc2ccccc2)C(=O)N(C)[C@@H](C)CNC(=O)C[C@H](Cc2ccc(Cl)cc2)N(C)C1=O. The highest BCUT2D eigenvalue weighted by Gasteiger charge is 2.37. The molecule has 3 heterocycles. The number of benzene rings is 4. The first-order chi connectivity index (χ1) is 35.5. The van der Waals surface area contributed by atoms with Crippen molar-refractivity contribution in [3.8, 4) is 22.6 Å². The molecule has 7 rings (SSSR count). The summed E-state index contributed by atoms with van der Waals surface area (Å²) < 4.78 is 12.0. The van der Waals surface area contributed by atoms with Crippen LogP contribution in [0.1, 0.15) is 55.0 Å². The Hall–Kier alpha value is -6.36. The summed E-state index contributed by atoms with van der Waals surface area (Å²) in [5, 5.41) is 6.77. The first-order valence-corrected chi connectivity index (χ1v) is 25.8. The van der Waals surface area contributed by atoms with Gasteiger partial charge in [-0.05, 0) is 106 Å². The molecule has 74 heavy (non-hydrogen) atoms. The van der Waals surface area contributed by atoms with Gasteiger partial charge in [0.05, 0.1) is 19.1 Å². The van der Waals surface area contributed by atoms with Crippen LogP contribution in [0.5, 0.6) is 11.5 Å². The Labute approximate surface area is 445 Å². The first-order valence-electron chi connectivity index (χ1n) is 25.1. The molecule has 6 atom stereocenters. The number of carbonyl (C=O) groups is 5. The highest BCUT2D eigenvalue weighted by molar-refractivity contribution is 6.31. The van der Waals surface area contributed by atoms with Crippen LogP contribution in [0.2, 0.25) is 10.0 Å². The molecule has 17 heteroatoms. The summed E-state index contributed by atoms with van der Waals surface area (Å²) >= 11 is 12.8. The molecule has 0 bridgehead atoms. The number of aromatic nitrogens is 1. The second-order valence-electron chi connectivity index (χ2n) is 19.7. The molecule has 0 aliphatic carbocycles. The van der Waals surface area contributed by atoms with Gasteiger partial charge in [-0.25, -0.2) is 0 Å². The van der Waals surface area contributed by atoms with E-state index in [0.717, 1.165) is 47.5 Å². The van der Waals surface area contributed by atoms with Crippen molar-refractivity contribution in [3.05, 3.63) is 148 Å². The highest BCUT2D eigenvalue weighted by atomic mass is 35.5. The molecule has 1 aromatic heterocycles. The Morgan fingerprint density at radius 3 is 2.15 bits per heavy atom. The molecule has 392 valence electrons. The molecule has 0 radical (unpaired) electrons. The Morgan fingerprint density at radius 1 is 0.730 bits per heavy atom. The number of nitrogens with zero attached hydrogens (tertiary/aromatic N) is 6. The zero-order valence-corrected chi connectivity index (χ0v) is 44.8. The molecule has 0 saturated carbocycles. The van der Waals surface area contributed by atoms with Crippen molar-refractivity contribution in [2.45, 2.75) is 76.3 Å². The van der Waals surface area contributed by atoms with Crippen LogP contribution in [-0.4, -0.2) is 151 Å². The van der Waals surface area contributed by atoms with Gasteiger partial charge in [-0.2, -0.15) is 0 Å². The molecule has 15 nitrogen and oxygen atoms in total. The number of methoxy groups -OCH3 is 1. The van der Waals surface area contributed by atoms with E-state index in [4.69, 9.17) is 32.7 Å². The van der Waals surface area contributed by atoms with E-state index < -0.39 is 47.8 Å². The number of ether oxygens (including phenoxy) is 2. The van der Waals surface area contributed by atoms with Crippen molar-refractivity contribution >= 4 is 52.7 Å². The van der Waals surface area contributed by atoms with Gasteiger partial charge < -0.3 is 39.7 Å². The Morgan fingerprint density at radius 2 is 1.43 bits per heavy atom. The minimum Gasteiger partial charge on any atom is -0.457 e. The fraction of sp³-hybridized carbons (Fsp3) is 0.404. The van der Waals surface area contributed by atoms with Crippen molar-refractivity contribution < 1.29 is 33.4 Å². The monoisotopic (exact) mass is 1050 g/mol. The number of nitrogens with one attached hydrogen (secondary N) is 2. The van der Waals surface area contributed by atoms with Gasteiger partial charge in [0.15, 0.2) is 0 Å². The molecule has 2 N–H and O–H groups in total. The fourth-order valence-electron chi connectivity index (χ4n) is 9.49. The number of amides is 5. The summed E-state index contributed by atoms with van der Waals surface area (Å²) in [6.45, 7) is 6.10. The number of piperazine rings is 1. The van der Waals surface area contributed by atoms with E-state index in [2.05, 4.69) is 45.6 Å². The smallest absolute Gasteiger partial charge is 0.247 e. The summed E-state index contributed by atoms with van der Waals surface area (Å²) in [6, 6.07) is 28.2. The topological polar surface area (TPSA) is 157 Å². The third-order valence-electron chi connectivity index (χ3n) is 14.3. The minimum atomic E-state index is -1.20. The van der Waals surface area contributed by atoms with E-state index >= 15 is 4.79 Å². The standard InChI is InChI=1S/C57H68Cl2N8O7/c1-37-31-61-53(68)30-48(26-40-13-18-46(58)19-14-40)66(6)57(72)50(36-73-7)62-55(70)38(2)67(54(69)28-43(56(71)65(37)5)25-39-11-9-8-10-12-39)34-42-15-20-47(59)29-52(42)74-49-21-16-41(17-22-49)44-27-45(33-60-32-44)51-35-63(3)23-24-64(51)4/h8-22,27,29,32-33,37-38,43,48,50-51H,23-26,28,30-31,34-36H2,1-7H3,(H,61,68)(H,62,70)/t37-,38-,43+,48-,50-,51?/m0/s1. The summed E-state index contributed by atoms with van der Waals surface area (Å²) in [5.41, 5.74) is 5.29. The number of hydrogen-bond acceptors (Lipinski definition) is 10. The van der Waals surface area contributed by atoms with E-state index in [9.17, 15) is 19.2 Å². The van der Waals surface area contributed by atoms with E-state index in [0.29, 0.717) is 33.5 Å². The average Bonchev–Trinajstić information content (AvgIpc) is 3.40. The summed E-state index contributed by atoms with van der Waals surface area (Å²) in [7, 11) is 8.95. The Kier molecular flexibility index (Phi) is 19.3. The van der Waals surface area contributed by atoms with Crippen LogP contribution in [0.4, 0.5) is 0 Å². The molecule has 2 fully saturated rings. The molecule has 5 aromatic rings. The van der Waals surface area contributed by atoms with Crippen LogP contribution in [0, 0.1) is 5.92 Å². The van der Waals surface area contributed by atoms with Gasteiger partial charge in [-0.15, -0.1) is 0 Å². The predicted molar refractivity (Wildman–Crippen MR) is 288 cm³/mol. The van der Waals surface area contributed by atoms with Crippen LogP contribution in [-0.2, 0) is 48.1 Å². The Balaban J connectivity index is 1.21. The van der Waals surface area contributed by atoms with Gasteiger partial charge in [0.2, 0.25) is 29.5 Å². The number of rotatable bonds is 12. The third kappa shape index (κ3) is 14.5. The minimum absolute atomic E-state index is 0.0737. The van der Waals surface area contributed by atoms with Gasteiger partial charge >= 0.3 is 0 Å². The second kappa shape index (κ2) is 25.7. The lowest BCUT2D eigenvalue weighted by Crippen LogP contribution is -2.57. The molecule has 0 spiro atoms. The number of likely N-dealkylation sites (N-methyl/N-ethyl adjacent to an activating group) is 4. The van der Waals surface area contributed by atoms with Crippen molar-refractivity contribution in [2.75, 3.05) is 68.1 Å². The third-order valence-corrected chi connectivity index (χ3v) is 14.8. The van der Waals surface area contributed by atoms with Gasteiger partial charge in [0.1, 0.15) is 23.6 Å². The van der Waals surface area contributed by atoms with Crippen LogP contribution in [0.3, 0.4) is 0 Å². The van der Waals surface area contributed by atoms with Crippen molar-refractivity contribution in [1.29, 1.82) is 0 Å². The zero-order chi connectivity index (χ0) is 53.1. The maximum absolute atomic E-state index is 15.1. The number of halogens is 2. The molecule has 2 saturated heterocycles. The van der Waals surface area contributed by atoms with Gasteiger partial charge in [-0.3, -0.25) is 33.9 Å². The largest absolute Gasteiger partial charge is 0.457 e. The molecule has 5 amide bonds. The average molecular weight is 1050 g/mol. The molecule has 2 aliphatic heterocycles. The van der Waals surface area contributed by atoms with Gasteiger partial charge in [-0.1, -0.05) is 83.9 Å². The summed E-state index contributed by atoms with van der Waals surface area (Å²) in [4.78, 5) is 86.3.